The average molecular weight is 634 g/mol. The van der Waals surface area contributed by atoms with Gasteiger partial charge < -0.3 is 14.8 Å². The number of aromatic nitrogens is 3. The predicted octanol–water partition coefficient (Wildman–Crippen LogP) is 6.68. The summed E-state index contributed by atoms with van der Waals surface area (Å²) in [5.41, 5.74) is -2.46. The molecule has 2 unspecified atom stereocenters. The quantitative estimate of drug-likeness (QED) is 0.308. The molecule has 2 aliphatic rings. The fourth-order valence-electron chi connectivity index (χ4n) is 5.57. The highest BCUT2D eigenvalue weighted by molar-refractivity contribution is 6.42. The van der Waals surface area contributed by atoms with E-state index in [0.29, 0.717) is 40.8 Å². The molecule has 1 N–H and O–H groups in total. The van der Waals surface area contributed by atoms with Crippen LogP contribution in [-0.4, -0.2) is 44.7 Å². The molecule has 5 rings (SSSR count). The van der Waals surface area contributed by atoms with Crippen molar-refractivity contribution in [2.24, 2.45) is 0 Å². The van der Waals surface area contributed by atoms with Crippen molar-refractivity contribution < 1.29 is 31.1 Å². The third kappa shape index (κ3) is 6.86. The summed E-state index contributed by atoms with van der Waals surface area (Å²) in [7, 11) is 0. The van der Waals surface area contributed by atoms with Crippen molar-refractivity contribution in [1.82, 2.24) is 25.0 Å². The summed E-state index contributed by atoms with van der Waals surface area (Å²) >= 11 is 12.3. The Morgan fingerprint density at radius 2 is 1.60 bits per heavy atom. The van der Waals surface area contributed by atoms with Gasteiger partial charge >= 0.3 is 12.4 Å². The Labute approximate surface area is 248 Å². The molecule has 3 aromatic rings. The number of alkyl halides is 6. The molecule has 1 saturated heterocycles. The van der Waals surface area contributed by atoms with Crippen molar-refractivity contribution in [2.75, 3.05) is 13.1 Å². The Bertz CT molecular complexity index is 1420. The lowest BCUT2D eigenvalue weighted by molar-refractivity contribution is -0.143. The summed E-state index contributed by atoms with van der Waals surface area (Å²) < 4.78 is 82.8. The van der Waals surface area contributed by atoms with Crippen molar-refractivity contribution in [3.05, 3.63) is 80.3 Å². The van der Waals surface area contributed by atoms with Crippen LogP contribution in [-0.2, 0) is 43.0 Å². The van der Waals surface area contributed by atoms with Crippen molar-refractivity contribution in [2.45, 2.75) is 69.5 Å². The van der Waals surface area contributed by atoms with Gasteiger partial charge in [0.1, 0.15) is 17.7 Å². The van der Waals surface area contributed by atoms with E-state index < -0.39 is 42.0 Å². The van der Waals surface area contributed by atoms with Gasteiger partial charge in [-0.05, 0) is 60.8 Å². The number of halogens is 8. The summed E-state index contributed by atoms with van der Waals surface area (Å²) in [5, 5.41) is 12.8. The number of carbonyl (C=O) groups excluding carboxylic acids is 1. The first-order valence-electron chi connectivity index (χ1n) is 13.5. The summed E-state index contributed by atoms with van der Waals surface area (Å²) in [6, 6.07) is 5.56. The highest BCUT2D eigenvalue weighted by atomic mass is 35.5. The van der Waals surface area contributed by atoms with Gasteiger partial charge in [-0.3, -0.25) is 4.79 Å². The fraction of sp³-hybridized carbons (Fsp3) is 0.464. The Balaban J connectivity index is 1.51. The molecule has 0 radical (unpaired) electrons. The van der Waals surface area contributed by atoms with E-state index in [4.69, 9.17) is 23.2 Å². The van der Waals surface area contributed by atoms with Crippen molar-refractivity contribution >= 4 is 29.1 Å². The number of carbonyl (C=O) groups is 1. The number of nitrogens with zero attached hydrogens (tertiary/aromatic N) is 4. The van der Waals surface area contributed by atoms with E-state index in [1.165, 1.54) is 4.90 Å². The van der Waals surface area contributed by atoms with Gasteiger partial charge in [-0.25, -0.2) is 0 Å². The maximum atomic E-state index is 14.1. The first-order chi connectivity index (χ1) is 19.8. The molecular formula is C28H27Cl2F6N5O. The number of piperidine rings is 1. The normalized spacial score (nSPS) is 20.0. The van der Waals surface area contributed by atoms with Gasteiger partial charge in [0.2, 0.25) is 5.91 Å². The molecule has 0 bridgehead atoms. The molecule has 2 atom stereocenters. The Kier molecular flexibility index (Phi) is 8.78. The molecule has 0 saturated carbocycles. The van der Waals surface area contributed by atoms with Crippen LogP contribution in [0.3, 0.4) is 0 Å². The van der Waals surface area contributed by atoms with Gasteiger partial charge in [-0.15, -0.1) is 10.2 Å². The zero-order valence-electron chi connectivity index (χ0n) is 22.2. The summed E-state index contributed by atoms with van der Waals surface area (Å²) in [5.74, 6) is 0.633. The van der Waals surface area contributed by atoms with Crippen molar-refractivity contribution in [3.8, 4) is 0 Å². The van der Waals surface area contributed by atoms with Gasteiger partial charge in [0.15, 0.2) is 0 Å². The minimum atomic E-state index is -4.99. The minimum absolute atomic E-state index is 0.0358. The number of nitrogens with one attached hydrogen (secondary N) is 1. The molecule has 1 fully saturated rings. The highest BCUT2D eigenvalue weighted by Crippen LogP contribution is 2.37. The van der Waals surface area contributed by atoms with Crippen LogP contribution < -0.4 is 5.32 Å². The predicted molar refractivity (Wildman–Crippen MR) is 144 cm³/mol. The van der Waals surface area contributed by atoms with Gasteiger partial charge in [0.25, 0.3) is 0 Å². The van der Waals surface area contributed by atoms with Crippen molar-refractivity contribution in [3.63, 3.8) is 0 Å². The molecule has 1 amide bonds. The first kappa shape index (κ1) is 30.6. The largest absolute Gasteiger partial charge is 0.416 e. The monoisotopic (exact) mass is 633 g/mol. The van der Waals surface area contributed by atoms with Crippen LogP contribution in [0.15, 0.2) is 36.4 Å². The Morgan fingerprint density at radius 3 is 2.21 bits per heavy atom. The average Bonchev–Trinajstić information content (AvgIpc) is 3.27. The van der Waals surface area contributed by atoms with E-state index in [0.717, 1.165) is 25.8 Å². The van der Waals surface area contributed by atoms with Crippen LogP contribution in [0, 0.1) is 0 Å². The first-order valence-corrected chi connectivity index (χ1v) is 14.2. The lowest BCUT2D eigenvalue weighted by Crippen LogP contribution is -2.39. The van der Waals surface area contributed by atoms with Crippen molar-refractivity contribution in [1.29, 1.82) is 0 Å². The van der Waals surface area contributed by atoms with E-state index in [-0.39, 0.29) is 42.1 Å². The van der Waals surface area contributed by atoms with E-state index in [1.807, 2.05) is 0 Å². The number of hydrogen-bond acceptors (Lipinski definition) is 4. The van der Waals surface area contributed by atoms with Crippen LogP contribution >= 0.6 is 23.2 Å². The lowest BCUT2D eigenvalue weighted by atomic mass is 10.0. The zero-order valence-corrected chi connectivity index (χ0v) is 23.7. The molecule has 1 aromatic heterocycles. The Hall–Kier alpha value is -2.83. The Morgan fingerprint density at radius 1 is 0.881 bits per heavy atom. The standard InChI is InChI=1S/C28H27Cl2F6N5O/c29-21-5-4-16(11-22(21)30)12-23-26(42)40(15-17-9-18(27(31,32)33)13-19(10-17)28(34,35)36)8-6-24-38-39-25(41(23)24)14-20-3-1-2-7-37-20/h4-5,9-11,13,20,23,37H,1-3,6-8,12,14-15H2. The molecule has 0 aliphatic carbocycles. The summed E-state index contributed by atoms with van der Waals surface area (Å²) in [6.45, 7) is 0.456. The third-order valence-corrected chi connectivity index (χ3v) is 8.37. The van der Waals surface area contributed by atoms with E-state index >= 15 is 0 Å². The smallest absolute Gasteiger partial charge is 0.336 e. The number of amides is 1. The van der Waals surface area contributed by atoms with Gasteiger partial charge in [0, 0.05) is 38.4 Å². The van der Waals surface area contributed by atoms with E-state index in [9.17, 15) is 31.1 Å². The number of fused-ring (bicyclic) bond motifs is 1. The van der Waals surface area contributed by atoms with Crippen LogP contribution in [0.2, 0.25) is 10.0 Å². The second-order valence-electron chi connectivity index (χ2n) is 10.6. The maximum Gasteiger partial charge on any atom is 0.416 e. The molecule has 2 aliphatic heterocycles. The van der Waals surface area contributed by atoms with Gasteiger partial charge in [0.05, 0.1) is 21.2 Å². The topological polar surface area (TPSA) is 63.1 Å². The second kappa shape index (κ2) is 12.0. The SMILES string of the molecule is O=C1C(Cc2ccc(Cl)c(Cl)c2)n2c(nnc2CC2CCCCN2)CCN1Cc1cc(C(F)(F)F)cc(C(F)(F)F)c1. The highest BCUT2D eigenvalue weighted by Gasteiger charge is 2.38. The molecular weight excluding hydrogens is 607 g/mol. The van der Waals surface area contributed by atoms with E-state index in [1.54, 1.807) is 22.8 Å². The lowest BCUT2D eigenvalue weighted by Gasteiger charge is -2.28. The molecule has 42 heavy (non-hydrogen) atoms. The zero-order chi connectivity index (χ0) is 30.2. The van der Waals surface area contributed by atoms with Crippen LogP contribution in [0.4, 0.5) is 26.3 Å². The summed E-state index contributed by atoms with van der Waals surface area (Å²) in [6.07, 6.45) is -6.07. The minimum Gasteiger partial charge on any atom is -0.336 e. The van der Waals surface area contributed by atoms with E-state index in [2.05, 4.69) is 15.5 Å². The fourth-order valence-corrected chi connectivity index (χ4v) is 5.89. The molecule has 6 nitrogen and oxygen atoms in total. The van der Waals surface area contributed by atoms with Crippen LogP contribution in [0.25, 0.3) is 0 Å². The third-order valence-electron chi connectivity index (χ3n) is 7.63. The maximum absolute atomic E-state index is 14.1. The van der Waals surface area contributed by atoms with Gasteiger partial charge in [-0.2, -0.15) is 26.3 Å². The molecule has 0 spiro atoms. The van der Waals surface area contributed by atoms with Crippen LogP contribution in [0.5, 0.6) is 0 Å². The second-order valence-corrected chi connectivity index (χ2v) is 11.5. The number of benzene rings is 2. The van der Waals surface area contributed by atoms with Crippen LogP contribution in [0.1, 0.15) is 59.2 Å². The molecule has 226 valence electrons. The number of hydrogen-bond donors (Lipinski definition) is 1. The number of rotatable bonds is 6. The van der Waals surface area contributed by atoms with Gasteiger partial charge in [-0.1, -0.05) is 35.7 Å². The summed E-state index contributed by atoms with van der Waals surface area (Å²) in [4.78, 5) is 15.4. The molecule has 14 heteroatoms. The molecule has 2 aromatic carbocycles. The molecule has 3 heterocycles.